The Bertz CT molecular complexity index is 1100. The molecule has 0 unspecified atom stereocenters. The summed E-state index contributed by atoms with van der Waals surface area (Å²) >= 11 is 0. The van der Waals surface area contributed by atoms with Crippen molar-refractivity contribution in [3.8, 4) is 5.75 Å². The zero-order valence-electron chi connectivity index (χ0n) is 22.0. The molecule has 1 atom stereocenters. The van der Waals surface area contributed by atoms with Crippen molar-refractivity contribution in [2.75, 3.05) is 30.8 Å². The highest BCUT2D eigenvalue weighted by molar-refractivity contribution is 7.92. The van der Waals surface area contributed by atoms with Crippen LogP contribution in [-0.2, 0) is 32.6 Å². The van der Waals surface area contributed by atoms with E-state index in [1.807, 2.05) is 45.0 Å². The molecule has 0 spiro atoms. The zero-order valence-corrected chi connectivity index (χ0v) is 22.8. The monoisotopic (exact) mass is 517 g/mol. The Hall–Kier alpha value is -3.07. The number of aryl methyl sites for hydroxylation is 1. The topological polar surface area (TPSA) is 96.0 Å². The lowest BCUT2D eigenvalue weighted by atomic mass is 10.1. The molecule has 8 nitrogen and oxygen atoms in total. The third kappa shape index (κ3) is 8.26. The van der Waals surface area contributed by atoms with Crippen molar-refractivity contribution in [2.45, 2.75) is 59.0 Å². The van der Waals surface area contributed by atoms with E-state index >= 15 is 0 Å². The number of sulfonamides is 1. The maximum atomic E-state index is 13.7. The Morgan fingerprint density at radius 3 is 2.28 bits per heavy atom. The number of hydrogen-bond acceptors (Lipinski definition) is 5. The van der Waals surface area contributed by atoms with E-state index in [0.717, 1.165) is 41.0 Å². The van der Waals surface area contributed by atoms with Gasteiger partial charge in [0.2, 0.25) is 21.8 Å². The molecule has 2 aromatic carbocycles. The highest BCUT2D eigenvalue weighted by atomic mass is 32.2. The van der Waals surface area contributed by atoms with Gasteiger partial charge in [-0.05, 0) is 54.7 Å². The molecule has 0 aliphatic rings. The first-order valence-corrected chi connectivity index (χ1v) is 14.3. The van der Waals surface area contributed by atoms with Crippen LogP contribution in [0.3, 0.4) is 0 Å². The predicted molar refractivity (Wildman–Crippen MR) is 144 cm³/mol. The zero-order chi connectivity index (χ0) is 26.7. The lowest BCUT2D eigenvalue weighted by Gasteiger charge is -2.33. The molecule has 0 bridgehead atoms. The molecule has 2 rings (SSSR count). The molecule has 0 aliphatic carbocycles. The van der Waals surface area contributed by atoms with E-state index < -0.39 is 28.5 Å². The molecule has 198 valence electrons. The van der Waals surface area contributed by atoms with Crippen LogP contribution in [0.15, 0.2) is 48.5 Å². The number of hydrogen-bond donors (Lipinski definition) is 1. The first-order chi connectivity index (χ1) is 17.1. The van der Waals surface area contributed by atoms with Crippen molar-refractivity contribution in [2.24, 2.45) is 0 Å². The Morgan fingerprint density at radius 2 is 1.72 bits per heavy atom. The largest absolute Gasteiger partial charge is 0.497 e. The smallest absolute Gasteiger partial charge is 0.244 e. The normalized spacial score (nSPS) is 12.0. The second kappa shape index (κ2) is 13.9. The van der Waals surface area contributed by atoms with Crippen LogP contribution in [0.1, 0.15) is 51.2 Å². The van der Waals surface area contributed by atoms with Gasteiger partial charge in [0, 0.05) is 13.1 Å². The number of ether oxygens (including phenoxy) is 1. The maximum absolute atomic E-state index is 13.7. The van der Waals surface area contributed by atoms with Gasteiger partial charge in [0.05, 0.1) is 19.1 Å². The van der Waals surface area contributed by atoms with Gasteiger partial charge < -0.3 is 15.0 Å². The lowest BCUT2D eigenvalue weighted by Crippen LogP contribution is -2.52. The molecule has 0 aromatic heterocycles. The lowest BCUT2D eigenvalue weighted by molar-refractivity contribution is -0.140. The van der Waals surface area contributed by atoms with E-state index in [9.17, 15) is 18.0 Å². The van der Waals surface area contributed by atoms with E-state index in [-0.39, 0.29) is 12.5 Å². The van der Waals surface area contributed by atoms with Crippen molar-refractivity contribution in [1.29, 1.82) is 0 Å². The Balaban J connectivity index is 2.41. The minimum atomic E-state index is -3.75. The third-order valence-electron chi connectivity index (χ3n) is 6.01. The van der Waals surface area contributed by atoms with Crippen LogP contribution in [0.2, 0.25) is 0 Å². The molecule has 0 saturated carbocycles. The molecule has 0 heterocycles. The fourth-order valence-electron chi connectivity index (χ4n) is 3.90. The van der Waals surface area contributed by atoms with E-state index in [1.54, 1.807) is 31.4 Å². The quantitative estimate of drug-likeness (QED) is 0.385. The van der Waals surface area contributed by atoms with Gasteiger partial charge in [-0.25, -0.2) is 8.42 Å². The summed E-state index contributed by atoms with van der Waals surface area (Å²) < 4.78 is 31.8. The molecule has 0 aliphatic heterocycles. The number of benzene rings is 2. The molecular weight excluding hydrogens is 478 g/mol. The summed E-state index contributed by atoms with van der Waals surface area (Å²) in [6, 6.07) is 13.6. The number of carbonyl (C=O) groups excluding carboxylic acids is 2. The molecular formula is C27H39N3O5S. The summed E-state index contributed by atoms with van der Waals surface area (Å²) in [5, 5.41) is 2.92. The van der Waals surface area contributed by atoms with Crippen LogP contribution < -0.4 is 14.4 Å². The van der Waals surface area contributed by atoms with Crippen LogP contribution >= 0.6 is 0 Å². The fraction of sp³-hybridized carbons (Fsp3) is 0.481. The molecule has 1 N–H and O–H groups in total. The van der Waals surface area contributed by atoms with Crippen LogP contribution in [0.4, 0.5) is 5.69 Å². The minimum Gasteiger partial charge on any atom is -0.497 e. The van der Waals surface area contributed by atoms with Gasteiger partial charge in [0.25, 0.3) is 0 Å². The molecule has 0 radical (unpaired) electrons. The average Bonchev–Trinajstić information content (AvgIpc) is 2.86. The van der Waals surface area contributed by atoms with Crippen molar-refractivity contribution in [3.63, 3.8) is 0 Å². The first-order valence-electron chi connectivity index (χ1n) is 12.4. The Morgan fingerprint density at radius 1 is 1.03 bits per heavy atom. The van der Waals surface area contributed by atoms with Crippen LogP contribution in [0, 0.1) is 0 Å². The molecule has 0 fully saturated rings. The molecule has 2 amide bonds. The third-order valence-corrected chi connectivity index (χ3v) is 7.15. The van der Waals surface area contributed by atoms with Crippen molar-refractivity contribution in [1.82, 2.24) is 10.2 Å². The number of rotatable bonds is 14. The summed E-state index contributed by atoms with van der Waals surface area (Å²) in [6.45, 7) is 6.14. The van der Waals surface area contributed by atoms with Gasteiger partial charge in [0.1, 0.15) is 18.3 Å². The molecule has 0 saturated heterocycles. The summed E-state index contributed by atoms with van der Waals surface area (Å²) in [5.41, 5.74) is 2.25. The average molecular weight is 518 g/mol. The summed E-state index contributed by atoms with van der Waals surface area (Å²) in [7, 11) is -2.19. The highest BCUT2D eigenvalue weighted by Gasteiger charge is 2.31. The number of carbonyl (C=O) groups is 2. The predicted octanol–water partition coefficient (Wildman–Crippen LogP) is 3.75. The highest BCUT2D eigenvalue weighted by Crippen LogP contribution is 2.21. The van der Waals surface area contributed by atoms with Crippen molar-refractivity contribution in [3.05, 3.63) is 59.7 Å². The van der Waals surface area contributed by atoms with Gasteiger partial charge in [-0.1, -0.05) is 51.5 Å². The number of anilines is 1. The minimum absolute atomic E-state index is 0.141. The number of nitrogens with zero attached hydrogens (tertiary/aromatic N) is 2. The van der Waals surface area contributed by atoms with Gasteiger partial charge in [-0.3, -0.25) is 13.9 Å². The molecule has 2 aromatic rings. The van der Waals surface area contributed by atoms with E-state index in [2.05, 4.69) is 5.32 Å². The number of unbranched alkanes of at least 4 members (excludes halogenated alkanes) is 1. The van der Waals surface area contributed by atoms with Crippen LogP contribution in [0.5, 0.6) is 5.75 Å². The van der Waals surface area contributed by atoms with Gasteiger partial charge >= 0.3 is 0 Å². The second-order valence-electron chi connectivity index (χ2n) is 8.73. The number of nitrogens with one attached hydrogen (secondary N) is 1. The maximum Gasteiger partial charge on any atom is 0.244 e. The summed E-state index contributed by atoms with van der Waals surface area (Å²) in [6.07, 6.45) is 4.05. The van der Waals surface area contributed by atoms with Gasteiger partial charge in [-0.2, -0.15) is 0 Å². The Labute approximate surface area is 215 Å². The molecule has 36 heavy (non-hydrogen) atoms. The fourth-order valence-corrected chi connectivity index (χ4v) is 4.75. The van der Waals surface area contributed by atoms with Crippen molar-refractivity contribution < 1.29 is 22.7 Å². The first kappa shape index (κ1) is 29.2. The standard InChI is InChI=1S/C27H39N3O5S/c1-6-9-17-28-27(32)25(8-3)29(19-22-11-10-12-24(18-22)35-4)26(31)20-30(36(5,33)34)23-15-13-21(7-2)14-16-23/h10-16,18,25H,6-9,17,19-20H2,1-5H3,(H,28,32)/t25-/m0/s1. The summed E-state index contributed by atoms with van der Waals surface area (Å²) in [5.74, 6) is -0.0742. The van der Waals surface area contributed by atoms with E-state index in [4.69, 9.17) is 4.74 Å². The second-order valence-corrected chi connectivity index (χ2v) is 10.6. The summed E-state index contributed by atoms with van der Waals surface area (Å²) in [4.78, 5) is 28.2. The number of amides is 2. The van der Waals surface area contributed by atoms with Gasteiger partial charge in [-0.15, -0.1) is 0 Å². The van der Waals surface area contributed by atoms with Gasteiger partial charge in [0.15, 0.2) is 0 Å². The van der Waals surface area contributed by atoms with E-state index in [1.165, 1.54) is 4.90 Å². The Kier molecular flexibility index (Phi) is 11.2. The van der Waals surface area contributed by atoms with Crippen molar-refractivity contribution >= 4 is 27.5 Å². The van der Waals surface area contributed by atoms with E-state index in [0.29, 0.717) is 24.4 Å². The van der Waals surface area contributed by atoms with Crippen LogP contribution in [-0.4, -0.2) is 57.6 Å². The molecule has 9 heteroatoms. The SMILES string of the molecule is CCCCNC(=O)[C@H](CC)N(Cc1cccc(OC)c1)C(=O)CN(c1ccc(CC)cc1)S(C)(=O)=O. The number of methoxy groups -OCH3 is 1. The van der Waals surface area contributed by atoms with Crippen LogP contribution in [0.25, 0.3) is 0 Å².